The maximum Gasteiger partial charge on any atom is 0.265 e. The highest BCUT2D eigenvalue weighted by molar-refractivity contribution is 9.10. The fourth-order valence-electron chi connectivity index (χ4n) is 2.34. The number of oxime groups is 1. The molecule has 1 aromatic heterocycles. The minimum atomic E-state index is -0.520. The van der Waals surface area contributed by atoms with Crippen molar-refractivity contribution in [1.29, 1.82) is 0 Å². The molecule has 1 saturated heterocycles. The minimum Gasteiger partial charge on any atom is -0.409 e. The number of amidine groups is 1. The molecule has 6 nitrogen and oxygen atoms in total. The molecule has 0 aromatic carbocycles. The van der Waals surface area contributed by atoms with Crippen LogP contribution in [0.25, 0.3) is 0 Å². The fraction of sp³-hybridized carbons (Fsp3) is 0.538. The standard InChI is InChI=1S/C13H19BrN4O2S/c1-13(2,12(15)16-20)18-6-4-17(5-7-18)11(19)10-9(14)3-8-21-10/h3,8,20H,4-7H2,1-2H3,(H2,15,16). The van der Waals surface area contributed by atoms with Crippen LogP contribution < -0.4 is 5.73 Å². The van der Waals surface area contributed by atoms with E-state index in [1.165, 1.54) is 11.3 Å². The summed E-state index contributed by atoms with van der Waals surface area (Å²) < 4.78 is 0.844. The molecule has 0 bridgehead atoms. The molecule has 1 aromatic rings. The van der Waals surface area contributed by atoms with Gasteiger partial charge < -0.3 is 15.8 Å². The third kappa shape index (κ3) is 3.22. The second kappa shape index (κ2) is 6.33. The molecule has 3 N–H and O–H groups in total. The Bertz CT molecular complexity index is 550. The molecule has 1 fully saturated rings. The summed E-state index contributed by atoms with van der Waals surface area (Å²) in [5, 5.41) is 13.9. The number of halogens is 1. The Morgan fingerprint density at radius 2 is 2.05 bits per heavy atom. The van der Waals surface area contributed by atoms with Gasteiger partial charge in [-0.05, 0) is 41.2 Å². The van der Waals surface area contributed by atoms with Crippen molar-refractivity contribution >= 4 is 39.0 Å². The number of amides is 1. The van der Waals surface area contributed by atoms with Crippen molar-refractivity contribution in [3.05, 3.63) is 20.8 Å². The van der Waals surface area contributed by atoms with Gasteiger partial charge >= 0.3 is 0 Å². The van der Waals surface area contributed by atoms with Crippen molar-refractivity contribution in [1.82, 2.24) is 9.80 Å². The van der Waals surface area contributed by atoms with Crippen LogP contribution in [0.5, 0.6) is 0 Å². The lowest BCUT2D eigenvalue weighted by Gasteiger charge is -2.43. The van der Waals surface area contributed by atoms with E-state index in [0.29, 0.717) is 26.2 Å². The van der Waals surface area contributed by atoms with E-state index >= 15 is 0 Å². The molecule has 0 radical (unpaired) electrons. The van der Waals surface area contributed by atoms with E-state index in [-0.39, 0.29) is 11.7 Å². The zero-order chi connectivity index (χ0) is 15.6. The van der Waals surface area contributed by atoms with Gasteiger partial charge in [-0.15, -0.1) is 11.3 Å². The zero-order valence-corrected chi connectivity index (χ0v) is 14.4. The van der Waals surface area contributed by atoms with E-state index in [1.54, 1.807) is 0 Å². The van der Waals surface area contributed by atoms with Gasteiger partial charge in [0.25, 0.3) is 5.91 Å². The highest BCUT2D eigenvalue weighted by Gasteiger charge is 2.35. The summed E-state index contributed by atoms with van der Waals surface area (Å²) in [5.41, 5.74) is 5.23. The van der Waals surface area contributed by atoms with Crippen LogP contribution in [-0.2, 0) is 0 Å². The van der Waals surface area contributed by atoms with Gasteiger partial charge in [-0.25, -0.2) is 0 Å². The number of carbonyl (C=O) groups excluding carboxylic acids is 1. The summed E-state index contributed by atoms with van der Waals surface area (Å²) in [6, 6.07) is 1.88. The van der Waals surface area contributed by atoms with Crippen molar-refractivity contribution in [2.75, 3.05) is 26.2 Å². The first-order chi connectivity index (χ1) is 9.87. The first-order valence-electron chi connectivity index (χ1n) is 6.63. The molecular weight excluding hydrogens is 356 g/mol. The molecule has 21 heavy (non-hydrogen) atoms. The molecule has 2 heterocycles. The number of nitrogens with two attached hydrogens (primary N) is 1. The molecule has 0 unspecified atom stereocenters. The van der Waals surface area contributed by atoms with Crippen LogP contribution in [0.4, 0.5) is 0 Å². The number of thiophene rings is 1. The quantitative estimate of drug-likeness (QED) is 0.365. The van der Waals surface area contributed by atoms with Gasteiger partial charge in [0.15, 0.2) is 5.84 Å². The van der Waals surface area contributed by atoms with Gasteiger partial charge in [0.1, 0.15) is 4.88 Å². The molecule has 1 aliphatic rings. The van der Waals surface area contributed by atoms with Crippen molar-refractivity contribution in [3.63, 3.8) is 0 Å². The second-order valence-electron chi connectivity index (χ2n) is 5.42. The molecule has 0 spiro atoms. The van der Waals surface area contributed by atoms with Crippen molar-refractivity contribution in [2.45, 2.75) is 19.4 Å². The number of hydrogen-bond acceptors (Lipinski definition) is 5. The summed E-state index contributed by atoms with van der Waals surface area (Å²) in [4.78, 5) is 17.1. The van der Waals surface area contributed by atoms with E-state index in [1.807, 2.05) is 30.2 Å². The molecule has 0 atom stereocenters. The van der Waals surface area contributed by atoms with E-state index < -0.39 is 5.54 Å². The molecular formula is C13H19BrN4O2S. The average Bonchev–Trinajstić information content (AvgIpc) is 2.91. The van der Waals surface area contributed by atoms with Gasteiger partial charge in [0, 0.05) is 30.7 Å². The molecule has 2 rings (SSSR count). The molecule has 0 saturated carbocycles. The van der Waals surface area contributed by atoms with E-state index in [2.05, 4.69) is 26.0 Å². The van der Waals surface area contributed by atoms with E-state index in [4.69, 9.17) is 10.9 Å². The first-order valence-corrected chi connectivity index (χ1v) is 8.30. The third-order valence-electron chi connectivity index (χ3n) is 3.90. The van der Waals surface area contributed by atoms with Crippen LogP contribution in [0.2, 0.25) is 0 Å². The Balaban J connectivity index is 2.01. The van der Waals surface area contributed by atoms with Gasteiger partial charge in [-0.3, -0.25) is 9.69 Å². The summed E-state index contributed by atoms with van der Waals surface area (Å²) in [6.45, 7) is 6.47. The largest absolute Gasteiger partial charge is 0.409 e. The Morgan fingerprint density at radius 1 is 1.43 bits per heavy atom. The Morgan fingerprint density at radius 3 is 2.52 bits per heavy atom. The first kappa shape index (κ1) is 16.3. The maximum absolute atomic E-state index is 12.4. The number of nitrogens with zero attached hydrogens (tertiary/aromatic N) is 3. The molecule has 116 valence electrons. The summed E-state index contributed by atoms with van der Waals surface area (Å²) in [5.74, 6) is 0.237. The van der Waals surface area contributed by atoms with Crippen LogP contribution in [0.3, 0.4) is 0 Å². The van der Waals surface area contributed by atoms with Crippen LogP contribution in [0, 0.1) is 0 Å². The lowest BCUT2D eigenvalue weighted by Crippen LogP contribution is -2.60. The summed E-state index contributed by atoms with van der Waals surface area (Å²) in [7, 11) is 0. The Labute approximate surface area is 136 Å². The Kier molecular flexibility index (Phi) is 4.90. The maximum atomic E-state index is 12.4. The molecule has 1 aliphatic heterocycles. The van der Waals surface area contributed by atoms with Crippen molar-refractivity contribution in [2.24, 2.45) is 10.9 Å². The van der Waals surface area contributed by atoms with E-state index in [9.17, 15) is 4.79 Å². The number of rotatable bonds is 3. The number of hydrogen-bond donors (Lipinski definition) is 2. The van der Waals surface area contributed by atoms with E-state index in [0.717, 1.165) is 9.35 Å². The highest BCUT2D eigenvalue weighted by atomic mass is 79.9. The number of piperazine rings is 1. The van der Waals surface area contributed by atoms with Crippen molar-refractivity contribution < 1.29 is 10.0 Å². The topological polar surface area (TPSA) is 82.2 Å². The van der Waals surface area contributed by atoms with Gasteiger partial charge in [0.05, 0.1) is 5.54 Å². The zero-order valence-electron chi connectivity index (χ0n) is 12.0. The smallest absolute Gasteiger partial charge is 0.265 e. The predicted molar refractivity (Wildman–Crippen MR) is 87.0 cm³/mol. The molecule has 1 amide bonds. The van der Waals surface area contributed by atoms with Crippen LogP contribution >= 0.6 is 27.3 Å². The lowest BCUT2D eigenvalue weighted by atomic mass is 10.0. The van der Waals surface area contributed by atoms with Gasteiger partial charge in [0.2, 0.25) is 0 Å². The summed E-state index contributed by atoms with van der Waals surface area (Å²) >= 11 is 4.84. The molecule has 8 heteroatoms. The van der Waals surface area contributed by atoms with Crippen LogP contribution in [0.15, 0.2) is 21.1 Å². The Hall–Kier alpha value is -1.12. The minimum absolute atomic E-state index is 0.0538. The fourth-order valence-corrected chi connectivity index (χ4v) is 3.85. The van der Waals surface area contributed by atoms with Crippen molar-refractivity contribution in [3.8, 4) is 0 Å². The highest BCUT2D eigenvalue weighted by Crippen LogP contribution is 2.25. The monoisotopic (exact) mass is 374 g/mol. The third-order valence-corrected chi connectivity index (χ3v) is 5.73. The van der Waals surface area contributed by atoms with Gasteiger partial charge in [-0.1, -0.05) is 5.16 Å². The summed E-state index contributed by atoms with van der Waals surface area (Å²) in [6.07, 6.45) is 0. The lowest BCUT2D eigenvalue weighted by molar-refractivity contribution is 0.0535. The van der Waals surface area contributed by atoms with Crippen LogP contribution in [0.1, 0.15) is 23.5 Å². The molecule has 0 aliphatic carbocycles. The second-order valence-corrected chi connectivity index (χ2v) is 7.19. The van der Waals surface area contributed by atoms with Crippen LogP contribution in [-0.4, -0.2) is 58.5 Å². The van der Waals surface area contributed by atoms with Gasteiger partial charge in [-0.2, -0.15) is 0 Å². The average molecular weight is 375 g/mol. The SMILES string of the molecule is CC(C)(C(N)=NO)N1CCN(C(=O)c2sccc2Br)CC1. The number of carbonyl (C=O) groups is 1. The predicted octanol–water partition coefficient (Wildman–Crippen LogP) is 1.79. The normalized spacial score (nSPS) is 18.0.